The van der Waals surface area contributed by atoms with E-state index in [2.05, 4.69) is 10.6 Å². The monoisotopic (exact) mass is 443 g/mol. The van der Waals surface area contributed by atoms with Crippen molar-refractivity contribution in [1.29, 1.82) is 0 Å². The van der Waals surface area contributed by atoms with Gasteiger partial charge in [-0.15, -0.1) is 0 Å². The van der Waals surface area contributed by atoms with Crippen LogP contribution in [0, 0.1) is 26.6 Å². The molecule has 0 unspecified atom stereocenters. The van der Waals surface area contributed by atoms with Crippen molar-refractivity contribution in [2.24, 2.45) is 0 Å². The summed E-state index contributed by atoms with van der Waals surface area (Å²) in [4.78, 5) is 38.8. The summed E-state index contributed by atoms with van der Waals surface area (Å²) in [6.45, 7) is 7.26. The van der Waals surface area contributed by atoms with Gasteiger partial charge in [0.15, 0.2) is 0 Å². The van der Waals surface area contributed by atoms with Crippen LogP contribution in [0.2, 0.25) is 0 Å². The number of hydrogen-bond donors (Lipinski definition) is 3. The third-order valence-electron chi connectivity index (χ3n) is 6.18. The summed E-state index contributed by atoms with van der Waals surface area (Å²) in [5, 5.41) is 15.2. The number of aromatic nitrogens is 1. The molecule has 7 nitrogen and oxygen atoms in total. The van der Waals surface area contributed by atoms with Crippen LogP contribution in [0.3, 0.4) is 0 Å². The molecular formula is C24H30FN3O4. The van der Waals surface area contributed by atoms with Crippen LogP contribution >= 0.6 is 0 Å². The van der Waals surface area contributed by atoms with Gasteiger partial charge in [0, 0.05) is 24.0 Å². The van der Waals surface area contributed by atoms with Crippen molar-refractivity contribution < 1.29 is 23.9 Å². The van der Waals surface area contributed by atoms with Crippen LogP contribution in [0.25, 0.3) is 0 Å². The van der Waals surface area contributed by atoms with Gasteiger partial charge in [0.05, 0.1) is 17.4 Å². The molecule has 2 aromatic rings. The van der Waals surface area contributed by atoms with E-state index < -0.39 is 17.6 Å². The van der Waals surface area contributed by atoms with Crippen molar-refractivity contribution in [3.05, 3.63) is 52.1 Å². The Morgan fingerprint density at radius 2 is 1.78 bits per heavy atom. The number of carbonyl (C=O) groups excluding carboxylic acids is 3. The molecule has 172 valence electrons. The Morgan fingerprint density at radius 1 is 1.12 bits per heavy atom. The van der Waals surface area contributed by atoms with E-state index in [1.165, 1.54) is 18.2 Å². The Morgan fingerprint density at radius 3 is 2.38 bits per heavy atom. The number of amides is 2. The summed E-state index contributed by atoms with van der Waals surface area (Å²) in [6, 6.07) is 4.15. The number of aliphatic hydroxyl groups is 1. The van der Waals surface area contributed by atoms with Crippen LogP contribution in [0.1, 0.15) is 70.3 Å². The number of carbonyl (C=O) groups is 3. The SMILES string of the molecule is CCn1c(C)c(C(=O)Nc2ccc(F)c(C)c2)c(C)c1C(=O)C(=O)N[C@H]1CC[C@@H](O)CC1. The van der Waals surface area contributed by atoms with Crippen molar-refractivity contribution in [1.82, 2.24) is 9.88 Å². The van der Waals surface area contributed by atoms with Crippen molar-refractivity contribution in [3.8, 4) is 0 Å². The number of hydrogen-bond acceptors (Lipinski definition) is 4. The van der Waals surface area contributed by atoms with Crippen LogP contribution in [-0.4, -0.2) is 39.4 Å². The zero-order chi connectivity index (χ0) is 23.6. The normalized spacial score (nSPS) is 18.3. The van der Waals surface area contributed by atoms with Gasteiger partial charge in [-0.1, -0.05) is 0 Å². The lowest BCUT2D eigenvalue weighted by Crippen LogP contribution is -2.42. The minimum Gasteiger partial charge on any atom is -0.393 e. The van der Waals surface area contributed by atoms with E-state index in [1.807, 2.05) is 6.92 Å². The number of aryl methyl sites for hydroxylation is 1. The van der Waals surface area contributed by atoms with Crippen molar-refractivity contribution in [2.75, 3.05) is 5.32 Å². The maximum absolute atomic E-state index is 13.5. The molecule has 1 aromatic carbocycles. The van der Waals surface area contributed by atoms with E-state index in [9.17, 15) is 23.9 Å². The summed E-state index contributed by atoms with van der Waals surface area (Å²) in [6.07, 6.45) is 2.08. The average Bonchev–Trinajstić information content (AvgIpc) is 3.01. The summed E-state index contributed by atoms with van der Waals surface area (Å²) >= 11 is 0. The first-order valence-corrected chi connectivity index (χ1v) is 10.9. The predicted molar refractivity (Wildman–Crippen MR) is 119 cm³/mol. The van der Waals surface area contributed by atoms with Crippen molar-refractivity contribution in [3.63, 3.8) is 0 Å². The molecule has 0 radical (unpaired) electrons. The number of nitrogens with one attached hydrogen (secondary N) is 2. The van der Waals surface area contributed by atoms with Crippen LogP contribution < -0.4 is 10.6 Å². The smallest absolute Gasteiger partial charge is 0.294 e. The molecule has 3 N–H and O–H groups in total. The van der Waals surface area contributed by atoms with Crippen LogP contribution in [0.4, 0.5) is 10.1 Å². The number of benzene rings is 1. The van der Waals surface area contributed by atoms with Gasteiger partial charge in [-0.25, -0.2) is 4.39 Å². The standard InChI is InChI=1S/C24H30FN3O4/c1-5-28-15(4)20(23(31)27-17-8-11-19(25)13(2)12-17)14(3)21(28)22(30)24(32)26-16-6-9-18(29)10-7-16/h8,11-12,16,18,29H,5-7,9-10H2,1-4H3,(H,26,32)(H,27,31)/t16-,18+. The highest BCUT2D eigenvalue weighted by molar-refractivity contribution is 6.43. The highest BCUT2D eigenvalue weighted by Crippen LogP contribution is 2.25. The number of ketones is 1. The van der Waals surface area contributed by atoms with Gasteiger partial charge < -0.3 is 20.3 Å². The van der Waals surface area contributed by atoms with Crippen LogP contribution in [-0.2, 0) is 11.3 Å². The zero-order valence-electron chi connectivity index (χ0n) is 18.9. The minimum absolute atomic E-state index is 0.147. The number of anilines is 1. The maximum Gasteiger partial charge on any atom is 0.294 e. The van der Waals surface area contributed by atoms with E-state index in [0.717, 1.165) is 0 Å². The van der Waals surface area contributed by atoms with Gasteiger partial charge in [0.1, 0.15) is 5.82 Å². The molecule has 1 fully saturated rings. The molecular weight excluding hydrogens is 413 g/mol. The molecule has 1 aliphatic rings. The summed E-state index contributed by atoms with van der Waals surface area (Å²) in [5.74, 6) is -2.18. The quantitative estimate of drug-likeness (QED) is 0.470. The molecule has 0 saturated heterocycles. The predicted octanol–water partition coefficient (Wildman–Crippen LogP) is 3.43. The summed E-state index contributed by atoms with van der Waals surface area (Å²) < 4.78 is 15.2. The molecule has 0 spiro atoms. The molecule has 32 heavy (non-hydrogen) atoms. The Labute approximate surface area is 187 Å². The highest BCUT2D eigenvalue weighted by atomic mass is 19.1. The summed E-state index contributed by atoms with van der Waals surface area (Å²) in [5.41, 5.74) is 2.38. The molecule has 1 heterocycles. The first kappa shape index (κ1) is 23.7. The fraction of sp³-hybridized carbons (Fsp3) is 0.458. The van der Waals surface area contributed by atoms with Crippen molar-refractivity contribution in [2.45, 2.75) is 72.1 Å². The number of aliphatic hydroxyl groups excluding tert-OH is 1. The van der Waals surface area contributed by atoms with Gasteiger partial charge in [0.2, 0.25) is 0 Å². The molecule has 1 saturated carbocycles. The third-order valence-corrected chi connectivity index (χ3v) is 6.18. The molecule has 1 aliphatic carbocycles. The third kappa shape index (κ3) is 4.75. The van der Waals surface area contributed by atoms with Gasteiger partial charge in [-0.2, -0.15) is 0 Å². The fourth-order valence-corrected chi connectivity index (χ4v) is 4.41. The Kier molecular flexibility index (Phi) is 7.13. The van der Waals surface area contributed by atoms with Gasteiger partial charge in [-0.05, 0) is 82.7 Å². The second-order valence-corrected chi connectivity index (χ2v) is 8.40. The van der Waals surface area contributed by atoms with Crippen LogP contribution in [0.5, 0.6) is 0 Å². The Bertz CT molecular complexity index is 1050. The first-order valence-electron chi connectivity index (χ1n) is 10.9. The maximum atomic E-state index is 13.5. The molecule has 0 bridgehead atoms. The van der Waals surface area contributed by atoms with Crippen molar-refractivity contribution >= 4 is 23.3 Å². The molecule has 0 atom stereocenters. The Hall–Kier alpha value is -3.00. The van der Waals surface area contributed by atoms with E-state index in [0.29, 0.717) is 60.3 Å². The van der Waals surface area contributed by atoms with Crippen LogP contribution in [0.15, 0.2) is 18.2 Å². The van der Waals surface area contributed by atoms with Gasteiger partial charge in [-0.3, -0.25) is 14.4 Å². The fourth-order valence-electron chi connectivity index (χ4n) is 4.41. The topological polar surface area (TPSA) is 100 Å². The molecule has 8 heteroatoms. The number of rotatable bonds is 6. The molecule has 0 aliphatic heterocycles. The number of Topliss-reactive ketones (excluding diaryl/α,β-unsaturated/α-hetero) is 1. The molecule has 2 amide bonds. The van der Waals surface area contributed by atoms with Gasteiger partial charge >= 0.3 is 0 Å². The second-order valence-electron chi connectivity index (χ2n) is 8.40. The highest BCUT2D eigenvalue weighted by Gasteiger charge is 2.31. The zero-order valence-corrected chi connectivity index (χ0v) is 18.9. The first-order chi connectivity index (χ1) is 15.1. The second kappa shape index (κ2) is 9.65. The largest absolute Gasteiger partial charge is 0.393 e. The lowest BCUT2D eigenvalue weighted by Gasteiger charge is -2.25. The van der Waals surface area contributed by atoms with E-state index in [-0.39, 0.29) is 23.7 Å². The Balaban J connectivity index is 1.85. The van der Waals surface area contributed by atoms with E-state index >= 15 is 0 Å². The van der Waals surface area contributed by atoms with E-state index in [4.69, 9.17) is 0 Å². The number of nitrogens with zero attached hydrogens (tertiary/aromatic N) is 1. The molecule has 1 aromatic heterocycles. The average molecular weight is 444 g/mol. The lowest BCUT2D eigenvalue weighted by atomic mass is 9.93. The lowest BCUT2D eigenvalue weighted by molar-refractivity contribution is -0.118. The van der Waals surface area contributed by atoms with Gasteiger partial charge in [0.25, 0.3) is 17.6 Å². The molecule has 3 rings (SSSR count). The minimum atomic E-state index is -0.706. The summed E-state index contributed by atoms with van der Waals surface area (Å²) in [7, 11) is 0. The number of halogens is 1. The van der Waals surface area contributed by atoms with E-state index in [1.54, 1.807) is 25.3 Å².